The minimum Gasteiger partial charge on any atom is -0.0802 e. The van der Waals surface area contributed by atoms with Crippen molar-refractivity contribution in [2.24, 2.45) is 5.41 Å². The fourth-order valence-corrected chi connectivity index (χ4v) is 2.50. The molecule has 0 saturated heterocycles. The molecule has 0 amide bonds. The van der Waals surface area contributed by atoms with Crippen LogP contribution < -0.4 is 0 Å². The molecule has 0 heterocycles. The third kappa shape index (κ3) is 2.37. The SMILES string of the molecule is Cc1ccc(C2=CCC(C)(C)CC2)c(C)c1. The van der Waals surface area contributed by atoms with Crippen molar-refractivity contribution in [1.82, 2.24) is 0 Å². The molecule has 0 unspecified atom stereocenters. The van der Waals surface area contributed by atoms with Crippen LogP contribution in [0.15, 0.2) is 24.3 Å². The Balaban J connectivity index is 2.29. The van der Waals surface area contributed by atoms with E-state index < -0.39 is 0 Å². The summed E-state index contributed by atoms with van der Waals surface area (Å²) >= 11 is 0. The Bertz CT molecular complexity index is 422. The molecule has 0 aliphatic heterocycles. The third-order valence-corrected chi connectivity index (χ3v) is 3.70. The molecule has 0 radical (unpaired) electrons. The highest BCUT2D eigenvalue weighted by Crippen LogP contribution is 2.38. The maximum atomic E-state index is 2.45. The summed E-state index contributed by atoms with van der Waals surface area (Å²) in [5, 5.41) is 0. The van der Waals surface area contributed by atoms with Gasteiger partial charge >= 0.3 is 0 Å². The molecule has 1 aromatic carbocycles. The molecule has 0 spiro atoms. The van der Waals surface area contributed by atoms with E-state index in [2.05, 4.69) is 52.0 Å². The molecule has 1 aromatic rings. The monoisotopic (exact) mass is 214 g/mol. The van der Waals surface area contributed by atoms with Gasteiger partial charge in [0.05, 0.1) is 0 Å². The van der Waals surface area contributed by atoms with Crippen LogP contribution in [0.5, 0.6) is 0 Å². The highest BCUT2D eigenvalue weighted by atomic mass is 14.3. The molecule has 0 atom stereocenters. The number of rotatable bonds is 1. The number of hydrogen-bond acceptors (Lipinski definition) is 0. The summed E-state index contributed by atoms with van der Waals surface area (Å²) in [7, 11) is 0. The van der Waals surface area contributed by atoms with Gasteiger partial charge in [0, 0.05) is 0 Å². The van der Waals surface area contributed by atoms with Gasteiger partial charge in [-0.1, -0.05) is 43.7 Å². The van der Waals surface area contributed by atoms with Crippen LogP contribution in [0.4, 0.5) is 0 Å². The molecule has 1 aliphatic carbocycles. The quantitative estimate of drug-likeness (QED) is 0.624. The summed E-state index contributed by atoms with van der Waals surface area (Å²) in [4.78, 5) is 0. The van der Waals surface area contributed by atoms with Crippen molar-refractivity contribution in [3.63, 3.8) is 0 Å². The molecule has 0 saturated carbocycles. The molecule has 0 heteroatoms. The smallest absolute Gasteiger partial charge is 0.0198 e. The molecule has 0 nitrogen and oxygen atoms in total. The summed E-state index contributed by atoms with van der Waals surface area (Å²) in [6.07, 6.45) is 6.21. The van der Waals surface area contributed by atoms with Gasteiger partial charge < -0.3 is 0 Å². The van der Waals surface area contributed by atoms with E-state index in [1.165, 1.54) is 36.0 Å². The molecule has 0 fully saturated rings. The van der Waals surface area contributed by atoms with E-state index in [1.807, 2.05) is 0 Å². The fourth-order valence-electron chi connectivity index (χ4n) is 2.50. The average Bonchev–Trinajstić information content (AvgIpc) is 2.19. The van der Waals surface area contributed by atoms with Gasteiger partial charge in [-0.25, -0.2) is 0 Å². The van der Waals surface area contributed by atoms with E-state index >= 15 is 0 Å². The number of benzene rings is 1. The van der Waals surface area contributed by atoms with Crippen molar-refractivity contribution < 1.29 is 0 Å². The zero-order valence-corrected chi connectivity index (χ0v) is 10.9. The molecule has 86 valence electrons. The third-order valence-electron chi connectivity index (χ3n) is 3.70. The topological polar surface area (TPSA) is 0 Å². The van der Waals surface area contributed by atoms with Gasteiger partial charge in [-0.05, 0) is 55.2 Å². The van der Waals surface area contributed by atoms with Crippen LogP contribution in [0.2, 0.25) is 0 Å². The van der Waals surface area contributed by atoms with E-state index in [4.69, 9.17) is 0 Å². The van der Waals surface area contributed by atoms with Gasteiger partial charge in [-0.15, -0.1) is 0 Å². The summed E-state index contributed by atoms with van der Waals surface area (Å²) in [6, 6.07) is 6.80. The van der Waals surface area contributed by atoms with Gasteiger partial charge in [0.25, 0.3) is 0 Å². The lowest BCUT2D eigenvalue weighted by atomic mass is 9.76. The standard InChI is InChI=1S/C16H22/c1-12-5-6-15(13(2)11-12)14-7-9-16(3,4)10-8-14/h5-7,11H,8-10H2,1-4H3. The van der Waals surface area contributed by atoms with E-state index in [-0.39, 0.29) is 0 Å². The second kappa shape index (κ2) is 4.08. The van der Waals surface area contributed by atoms with E-state index in [0.29, 0.717) is 5.41 Å². The average molecular weight is 214 g/mol. The first-order chi connectivity index (χ1) is 7.48. The highest BCUT2D eigenvalue weighted by Gasteiger charge is 2.22. The zero-order chi connectivity index (χ0) is 11.8. The Kier molecular flexibility index (Phi) is 2.92. The van der Waals surface area contributed by atoms with Crippen molar-refractivity contribution in [2.45, 2.75) is 47.0 Å². The van der Waals surface area contributed by atoms with Crippen LogP contribution in [0.1, 0.15) is 49.8 Å². The van der Waals surface area contributed by atoms with Crippen molar-refractivity contribution in [2.75, 3.05) is 0 Å². The van der Waals surface area contributed by atoms with Gasteiger partial charge in [0.1, 0.15) is 0 Å². The summed E-state index contributed by atoms with van der Waals surface area (Å²) in [5.41, 5.74) is 6.30. The molecular weight excluding hydrogens is 192 g/mol. The van der Waals surface area contributed by atoms with E-state index in [1.54, 1.807) is 5.57 Å². The second-order valence-electron chi connectivity index (χ2n) is 5.92. The zero-order valence-electron chi connectivity index (χ0n) is 10.9. The van der Waals surface area contributed by atoms with Gasteiger partial charge in [0.2, 0.25) is 0 Å². The Morgan fingerprint density at radius 3 is 2.44 bits per heavy atom. The lowest BCUT2D eigenvalue weighted by Crippen LogP contribution is -2.14. The van der Waals surface area contributed by atoms with Crippen molar-refractivity contribution in [3.05, 3.63) is 41.0 Å². The first-order valence-electron chi connectivity index (χ1n) is 6.25. The first kappa shape index (κ1) is 11.4. The minimum absolute atomic E-state index is 0.502. The maximum absolute atomic E-state index is 2.45. The summed E-state index contributed by atoms with van der Waals surface area (Å²) in [6.45, 7) is 9.11. The normalized spacial score (nSPS) is 19.4. The minimum atomic E-state index is 0.502. The van der Waals surface area contributed by atoms with Crippen molar-refractivity contribution >= 4 is 5.57 Å². The Morgan fingerprint density at radius 1 is 1.12 bits per heavy atom. The molecule has 0 aromatic heterocycles. The fraction of sp³-hybridized carbons (Fsp3) is 0.500. The van der Waals surface area contributed by atoms with Gasteiger partial charge in [0.15, 0.2) is 0 Å². The maximum Gasteiger partial charge on any atom is -0.0198 e. The highest BCUT2D eigenvalue weighted by molar-refractivity contribution is 5.69. The Hall–Kier alpha value is -1.04. The van der Waals surface area contributed by atoms with Crippen LogP contribution in [-0.4, -0.2) is 0 Å². The van der Waals surface area contributed by atoms with Crippen LogP contribution in [0.25, 0.3) is 5.57 Å². The van der Waals surface area contributed by atoms with Crippen molar-refractivity contribution in [3.8, 4) is 0 Å². The van der Waals surface area contributed by atoms with Crippen LogP contribution >= 0.6 is 0 Å². The molecule has 0 bridgehead atoms. The van der Waals surface area contributed by atoms with Gasteiger partial charge in [-0.3, -0.25) is 0 Å². The lowest BCUT2D eigenvalue weighted by molar-refractivity contribution is 0.335. The second-order valence-corrected chi connectivity index (χ2v) is 5.92. The van der Waals surface area contributed by atoms with Crippen LogP contribution in [0.3, 0.4) is 0 Å². The van der Waals surface area contributed by atoms with E-state index in [0.717, 1.165) is 0 Å². The predicted molar refractivity (Wildman–Crippen MR) is 71.5 cm³/mol. The molecule has 1 aliphatic rings. The lowest BCUT2D eigenvalue weighted by Gasteiger charge is -2.29. The number of allylic oxidation sites excluding steroid dienone is 2. The van der Waals surface area contributed by atoms with Crippen LogP contribution in [0, 0.1) is 19.3 Å². The largest absolute Gasteiger partial charge is 0.0802 e. The molecule has 16 heavy (non-hydrogen) atoms. The van der Waals surface area contributed by atoms with Crippen molar-refractivity contribution in [1.29, 1.82) is 0 Å². The Labute approximate surface area is 99.4 Å². The Morgan fingerprint density at radius 2 is 1.88 bits per heavy atom. The first-order valence-corrected chi connectivity index (χ1v) is 6.25. The van der Waals surface area contributed by atoms with E-state index in [9.17, 15) is 0 Å². The molecule has 2 rings (SSSR count). The predicted octanol–water partition coefficient (Wildman–Crippen LogP) is 4.90. The van der Waals surface area contributed by atoms with Crippen LogP contribution in [-0.2, 0) is 0 Å². The summed E-state index contributed by atoms with van der Waals surface area (Å²) < 4.78 is 0. The molecule has 0 N–H and O–H groups in total. The number of hydrogen-bond donors (Lipinski definition) is 0. The molecular formula is C16H22. The number of aryl methyl sites for hydroxylation is 2. The summed E-state index contributed by atoms with van der Waals surface area (Å²) in [5.74, 6) is 0. The van der Waals surface area contributed by atoms with Gasteiger partial charge in [-0.2, -0.15) is 0 Å².